The van der Waals surface area contributed by atoms with Gasteiger partial charge in [0.1, 0.15) is 10.0 Å². The van der Waals surface area contributed by atoms with Crippen LogP contribution in [0, 0.1) is 0 Å². The molecule has 0 aromatic carbocycles. The van der Waals surface area contributed by atoms with Crippen molar-refractivity contribution in [3.05, 3.63) is 31.9 Å². The molecule has 0 bridgehead atoms. The van der Waals surface area contributed by atoms with E-state index in [0.717, 1.165) is 22.7 Å². The summed E-state index contributed by atoms with van der Waals surface area (Å²) in [7, 11) is 0. The van der Waals surface area contributed by atoms with Crippen LogP contribution < -0.4 is 10.6 Å². The van der Waals surface area contributed by atoms with Crippen molar-refractivity contribution >= 4 is 79.6 Å². The van der Waals surface area contributed by atoms with Crippen molar-refractivity contribution in [2.45, 2.75) is 25.7 Å². The zero-order chi connectivity index (χ0) is 20.8. The molecule has 2 heterocycles. The normalized spacial score (nSPS) is 10.5. The highest BCUT2D eigenvalue weighted by molar-refractivity contribution is 7.20. The highest BCUT2D eigenvalue weighted by Gasteiger charge is 2.18. The van der Waals surface area contributed by atoms with Crippen molar-refractivity contribution in [2.24, 2.45) is 0 Å². The molecule has 2 aromatic rings. The number of amides is 2. The van der Waals surface area contributed by atoms with Crippen LogP contribution in [0.25, 0.3) is 0 Å². The van der Waals surface area contributed by atoms with Crippen LogP contribution in [0.4, 0.5) is 10.0 Å². The number of carboxylic acid groups (broad SMARTS) is 2. The Morgan fingerprint density at radius 2 is 1.14 bits per heavy atom. The maximum absolute atomic E-state index is 11.9. The van der Waals surface area contributed by atoms with Gasteiger partial charge in [-0.3, -0.25) is 9.59 Å². The largest absolute Gasteiger partial charge is 0.478 e. The molecule has 8 nitrogen and oxygen atoms in total. The molecule has 12 heteroatoms. The summed E-state index contributed by atoms with van der Waals surface area (Å²) in [5.74, 6) is -3.16. The SMILES string of the molecule is O=C(CCCCC(=O)Nc1sc(Cl)cc1C(=O)O)Nc1sc(Cl)cc1C(=O)O. The Bertz CT molecular complexity index is 850. The van der Waals surface area contributed by atoms with E-state index in [4.69, 9.17) is 33.4 Å². The Morgan fingerprint density at radius 1 is 0.786 bits per heavy atom. The Labute approximate surface area is 177 Å². The molecule has 2 aromatic heterocycles. The monoisotopic (exact) mass is 464 g/mol. The molecular formula is C16H14Cl2N2O6S2. The Balaban J connectivity index is 1.77. The molecule has 0 radical (unpaired) electrons. The number of carboxylic acids is 2. The first-order valence-electron chi connectivity index (χ1n) is 7.82. The summed E-state index contributed by atoms with van der Waals surface area (Å²) in [4.78, 5) is 46.0. The first-order chi connectivity index (χ1) is 13.2. The van der Waals surface area contributed by atoms with Gasteiger partial charge in [0, 0.05) is 12.8 Å². The van der Waals surface area contributed by atoms with Crippen LogP contribution >= 0.6 is 45.9 Å². The number of hydrogen-bond donors (Lipinski definition) is 4. The molecule has 0 aliphatic rings. The van der Waals surface area contributed by atoms with Gasteiger partial charge in [-0.25, -0.2) is 9.59 Å². The summed E-state index contributed by atoms with van der Waals surface area (Å²) in [6.07, 6.45) is 0.954. The summed E-state index contributed by atoms with van der Waals surface area (Å²) < 4.78 is 0.498. The van der Waals surface area contributed by atoms with E-state index < -0.39 is 11.9 Å². The lowest BCUT2D eigenvalue weighted by molar-refractivity contribution is -0.118. The summed E-state index contributed by atoms with van der Waals surface area (Å²) in [5, 5.41) is 23.4. The van der Waals surface area contributed by atoms with Gasteiger partial charge in [0.25, 0.3) is 0 Å². The number of nitrogens with one attached hydrogen (secondary N) is 2. The van der Waals surface area contributed by atoms with E-state index in [1.807, 2.05) is 0 Å². The van der Waals surface area contributed by atoms with Crippen LogP contribution in [-0.2, 0) is 9.59 Å². The molecule has 150 valence electrons. The third-order valence-corrected chi connectivity index (χ3v) is 5.79. The van der Waals surface area contributed by atoms with Gasteiger partial charge in [0.15, 0.2) is 0 Å². The van der Waals surface area contributed by atoms with Crippen LogP contribution in [-0.4, -0.2) is 34.0 Å². The van der Waals surface area contributed by atoms with E-state index in [1.54, 1.807) is 0 Å². The molecule has 0 spiro atoms. The van der Waals surface area contributed by atoms with Crippen molar-refractivity contribution in [1.82, 2.24) is 0 Å². The fraction of sp³-hybridized carbons (Fsp3) is 0.250. The fourth-order valence-electron chi connectivity index (χ4n) is 2.17. The maximum atomic E-state index is 11.9. The topological polar surface area (TPSA) is 133 Å². The zero-order valence-electron chi connectivity index (χ0n) is 14.1. The lowest BCUT2D eigenvalue weighted by Gasteiger charge is -2.05. The number of thiophene rings is 2. The summed E-state index contributed by atoms with van der Waals surface area (Å²) in [6, 6.07) is 2.52. The number of rotatable bonds is 9. The van der Waals surface area contributed by atoms with E-state index in [0.29, 0.717) is 12.8 Å². The molecule has 4 N–H and O–H groups in total. The molecular weight excluding hydrogens is 451 g/mol. The van der Waals surface area contributed by atoms with Crippen LogP contribution in [0.1, 0.15) is 46.4 Å². The number of halogens is 2. The Morgan fingerprint density at radius 3 is 1.46 bits per heavy atom. The quantitative estimate of drug-likeness (QED) is 0.399. The molecule has 2 rings (SSSR count). The molecule has 0 fully saturated rings. The predicted octanol–water partition coefficient (Wildman–Crippen LogP) is 4.65. The van der Waals surface area contributed by atoms with Gasteiger partial charge in [-0.1, -0.05) is 23.2 Å². The summed E-state index contributed by atoms with van der Waals surface area (Å²) in [5.41, 5.74) is -0.154. The molecule has 0 aliphatic carbocycles. The zero-order valence-corrected chi connectivity index (χ0v) is 17.2. The van der Waals surface area contributed by atoms with Gasteiger partial charge in [-0.05, 0) is 25.0 Å². The molecule has 0 unspecified atom stereocenters. The standard InChI is InChI=1S/C16H14Cl2N2O6S2/c17-9-5-7(15(23)24)13(27-9)19-11(21)3-1-2-4-12(22)20-14-8(16(25)26)6-10(18)28-14/h5-6H,1-4H2,(H,19,21)(H,20,22)(H,23,24)(H,25,26). The van der Waals surface area contributed by atoms with Gasteiger partial charge in [-0.15, -0.1) is 22.7 Å². The first-order valence-corrected chi connectivity index (χ1v) is 10.2. The molecule has 0 atom stereocenters. The minimum atomic E-state index is -1.19. The molecule has 0 aliphatic heterocycles. The van der Waals surface area contributed by atoms with E-state index >= 15 is 0 Å². The van der Waals surface area contributed by atoms with Crippen molar-refractivity contribution in [3.63, 3.8) is 0 Å². The second-order valence-electron chi connectivity index (χ2n) is 5.50. The second-order valence-corrected chi connectivity index (χ2v) is 8.87. The smallest absolute Gasteiger partial charge is 0.338 e. The van der Waals surface area contributed by atoms with Gasteiger partial charge < -0.3 is 20.8 Å². The average molecular weight is 465 g/mol. The molecule has 0 saturated carbocycles. The number of unbranched alkanes of at least 4 members (excludes halogenated alkanes) is 1. The average Bonchev–Trinajstić information content (AvgIpc) is 3.14. The van der Waals surface area contributed by atoms with Crippen LogP contribution in [0.5, 0.6) is 0 Å². The number of carbonyl (C=O) groups is 4. The predicted molar refractivity (Wildman–Crippen MR) is 108 cm³/mol. The van der Waals surface area contributed by atoms with Gasteiger partial charge in [0.2, 0.25) is 11.8 Å². The van der Waals surface area contributed by atoms with Crippen LogP contribution in [0.2, 0.25) is 8.67 Å². The lowest BCUT2D eigenvalue weighted by Crippen LogP contribution is -2.14. The van der Waals surface area contributed by atoms with E-state index in [-0.39, 0.29) is 54.5 Å². The molecule has 2 amide bonds. The summed E-state index contributed by atoms with van der Waals surface area (Å²) >= 11 is 13.4. The minimum absolute atomic E-state index is 0.0772. The number of carbonyl (C=O) groups excluding carboxylic acids is 2. The number of aromatic carboxylic acids is 2. The van der Waals surface area contributed by atoms with Gasteiger partial charge >= 0.3 is 11.9 Å². The minimum Gasteiger partial charge on any atom is -0.478 e. The number of anilines is 2. The Hall–Kier alpha value is -2.14. The van der Waals surface area contributed by atoms with Crippen LogP contribution in [0.3, 0.4) is 0 Å². The fourth-order valence-corrected chi connectivity index (χ4v) is 4.44. The lowest BCUT2D eigenvalue weighted by atomic mass is 10.2. The van der Waals surface area contributed by atoms with E-state index in [1.165, 1.54) is 12.1 Å². The van der Waals surface area contributed by atoms with Gasteiger partial charge in [-0.2, -0.15) is 0 Å². The third kappa shape index (κ3) is 6.20. The molecule has 28 heavy (non-hydrogen) atoms. The van der Waals surface area contributed by atoms with Gasteiger partial charge in [0.05, 0.1) is 19.8 Å². The highest BCUT2D eigenvalue weighted by Crippen LogP contribution is 2.33. The second kappa shape index (κ2) is 9.87. The first kappa shape index (κ1) is 22.2. The Kier molecular flexibility index (Phi) is 7.81. The maximum Gasteiger partial charge on any atom is 0.338 e. The summed E-state index contributed by atoms with van der Waals surface area (Å²) in [6.45, 7) is 0. The molecule has 0 saturated heterocycles. The number of hydrogen-bond acceptors (Lipinski definition) is 6. The van der Waals surface area contributed by atoms with Crippen molar-refractivity contribution < 1.29 is 29.4 Å². The van der Waals surface area contributed by atoms with E-state index in [9.17, 15) is 19.2 Å². The van der Waals surface area contributed by atoms with Crippen molar-refractivity contribution in [2.75, 3.05) is 10.6 Å². The van der Waals surface area contributed by atoms with Crippen LogP contribution in [0.15, 0.2) is 12.1 Å². The van der Waals surface area contributed by atoms with E-state index in [2.05, 4.69) is 10.6 Å². The van der Waals surface area contributed by atoms with Crippen molar-refractivity contribution in [3.8, 4) is 0 Å². The third-order valence-electron chi connectivity index (χ3n) is 3.43. The highest BCUT2D eigenvalue weighted by atomic mass is 35.5. The van der Waals surface area contributed by atoms with Crippen molar-refractivity contribution in [1.29, 1.82) is 0 Å².